The number of esters is 1. The van der Waals surface area contributed by atoms with Crippen LogP contribution in [0, 0.1) is 0 Å². The molecule has 0 saturated carbocycles. The lowest BCUT2D eigenvalue weighted by molar-refractivity contribution is -0.143. The van der Waals surface area contributed by atoms with Gasteiger partial charge in [0.15, 0.2) is 11.5 Å². The van der Waals surface area contributed by atoms with E-state index in [0.717, 1.165) is 12.8 Å². The molecule has 0 fully saturated rings. The first kappa shape index (κ1) is 20.3. The van der Waals surface area contributed by atoms with Crippen LogP contribution in [0.3, 0.4) is 0 Å². The van der Waals surface area contributed by atoms with Crippen molar-refractivity contribution < 1.29 is 19.7 Å². The average molecular weight is 336 g/mol. The van der Waals surface area contributed by atoms with E-state index in [1.165, 1.54) is 51.0 Å². The summed E-state index contributed by atoms with van der Waals surface area (Å²) >= 11 is 0. The highest BCUT2D eigenvalue weighted by Gasteiger charge is 2.07. The topological polar surface area (TPSA) is 66.8 Å². The molecule has 0 aromatic heterocycles. The van der Waals surface area contributed by atoms with Crippen molar-refractivity contribution in [3.8, 4) is 11.5 Å². The SMILES string of the molecule is CCCCCCCCCCCC(=O)OCCc1cccc(O)c1O. The summed E-state index contributed by atoms with van der Waals surface area (Å²) in [7, 11) is 0. The van der Waals surface area contributed by atoms with E-state index in [1.807, 2.05) is 0 Å². The molecule has 0 bridgehead atoms. The minimum atomic E-state index is -0.183. The third kappa shape index (κ3) is 8.80. The largest absolute Gasteiger partial charge is 0.504 e. The van der Waals surface area contributed by atoms with Crippen LogP contribution in [0.1, 0.15) is 76.7 Å². The number of rotatable bonds is 13. The molecule has 4 nitrogen and oxygen atoms in total. The number of phenolic OH excluding ortho intramolecular Hbond substituents is 2. The van der Waals surface area contributed by atoms with E-state index in [9.17, 15) is 15.0 Å². The van der Waals surface area contributed by atoms with Crippen LogP contribution in [-0.4, -0.2) is 22.8 Å². The number of carbonyl (C=O) groups excluding carboxylic acids is 1. The Kier molecular flexibility index (Phi) is 10.7. The van der Waals surface area contributed by atoms with Crippen molar-refractivity contribution in [3.63, 3.8) is 0 Å². The zero-order valence-electron chi connectivity index (χ0n) is 14.9. The molecular formula is C20H32O4. The molecule has 0 spiro atoms. The Hall–Kier alpha value is -1.71. The first-order valence-electron chi connectivity index (χ1n) is 9.30. The zero-order valence-corrected chi connectivity index (χ0v) is 14.9. The molecule has 0 atom stereocenters. The number of phenols is 2. The van der Waals surface area contributed by atoms with Crippen molar-refractivity contribution >= 4 is 5.97 Å². The van der Waals surface area contributed by atoms with Crippen LogP contribution in [0.25, 0.3) is 0 Å². The predicted octanol–water partition coefficient (Wildman–Crippen LogP) is 5.10. The third-order valence-corrected chi connectivity index (χ3v) is 4.22. The van der Waals surface area contributed by atoms with E-state index >= 15 is 0 Å². The van der Waals surface area contributed by atoms with E-state index in [1.54, 1.807) is 12.1 Å². The van der Waals surface area contributed by atoms with E-state index in [0.29, 0.717) is 18.4 Å². The Morgan fingerprint density at radius 1 is 0.958 bits per heavy atom. The molecule has 0 radical (unpaired) electrons. The number of unbranched alkanes of at least 4 members (excludes halogenated alkanes) is 8. The van der Waals surface area contributed by atoms with E-state index < -0.39 is 0 Å². The number of ether oxygens (including phenoxy) is 1. The molecule has 0 unspecified atom stereocenters. The standard InChI is InChI=1S/C20H32O4/c1-2-3-4-5-6-7-8-9-10-14-19(22)24-16-15-17-12-11-13-18(21)20(17)23/h11-13,21,23H,2-10,14-16H2,1H3. The molecule has 136 valence electrons. The number of benzene rings is 1. The molecule has 0 aliphatic carbocycles. The first-order chi connectivity index (χ1) is 11.6. The van der Waals surface area contributed by atoms with Gasteiger partial charge in [-0.2, -0.15) is 0 Å². The maximum atomic E-state index is 11.7. The van der Waals surface area contributed by atoms with Gasteiger partial charge in [-0.15, -0.1) is 0 Å². The monoisotopic (exact) mass is 336 g/mol. The molecule has 2 N–H and O–H groups in total. The first-order valence-corrected chi connectivity index (χ1v) is 9.30. The molecule has 0 aliphatic heterocycles. The van der Waals surface area contributed by atoms with Gasteiger partial charge in [0, 0.05) is 18.4 Å². The second-order valence-electron chi connectivity index (χ2n) is 6.33. The van der Waals surface area contributed by atoms with Crippen molar-refractivity contribution in [2.75, 3.05) is 6.61 Å². The Labute approximate surface area is 145 Å². The van der Waals surface area contributed by atoms with E-state index in [-0.39, 0.29) is 24.1 Å². The van der Waals surface area contributed by atoms with Gasteiger partial charge in [-0.3, -0.25) is 4.79 Å². The zero-order chi connectivity index (χ0) is 17.6. The summed E-state index contributed by atoms with van der Waals surface area (Å²) in [6.07, 6.45) is 11.9. The number of aromatic hydroxyl groups is 2. The van der Waals surface area contributed by atoms with E-state index in [2.05, 4.69) is 6.92 Å². The highest BCUT2D eigenvalue weighted by molar-refractivity contribution is 5.69. The van der Waals surface area contributed by atoms with Crippen molar-refractivity contribution in [1.29, 1.82) is 0 Å². The van der Waals surface area contributed by atoms with Crippen molar-refractivity contribution in [2.45, 2.75) is 77.6 Å². The average Bonchev–Trinajstić information content (AvgIpc) is 2.57. The Bertz CT molecular complexity index is 471. The fourth-order valence-electron chi connectivity index (χ4n) is 2.71. The van der Waals surface area contributed by atoms with Gasteiger partial charge in [0.05, 0.1) is 6.61 Å². The number of para-hydroxylation sites is 1. The molecule has 24 heavy (non-hydrogen) atoms. The Morgan fingerprint density at radius 2 is 1.58 bits per heavy atom. The van der Waals surface area contributed by atoms with E-state index in [4.69, 9.17) is 4.74 Å². The maximum Gasteiger partial charge on any atom is 0.305 e. The summed E-state index contributed by atoms with van der Waals surface area (Å²) in [5.74, 6) is -0.460. The minimum Gasteiger partial charge on any atom is -0.504 e. The molecule has 1 aromatic carbocycles. The molecule has 0 aliphatic rings. The molecule has 0 heterocycles. The summed E-state index contributed by atoms with van der Waals surface area (Å²) in [4.78, 5) is 11.7. The molecule has 1 rings (SSSR count). The van der Waals surface area contributed by atoms with Crippen molar-refractivity contribution in [3.05, 3.63) is 23.8 Å². The highest BCUT2D eigenvalue weighted by Crippen LogP contribution is 2.28. The third-order valence-electron chi connectivity index (χ3n) is 4.22. The van der Waals surface area contributed by atoms with Gasteiger partial charge in [-0.05, 0) is 12.5 Å². The lowest BCUT2D eigenvalue weighted by atomic mass is 10.1. The number of hydrogen-bond donors (Lipinski definition) is 2. The lowest BCUT2D eigenvalue weighted by Gasteiger charge is -2.07. The highest BCUT2D eigenvalue weighted by atomic mass is 16.5. The number of hydrogen-bond acceptors (Lipinski definition) is 4. The van der Waals surface area contributed by atoms with Crippen molar-refractivity contribution in [2.24, 2.45) is 0 Å². The van der Waals surface area contributed by atoms with Gasteiger partial charge in [0.1, 0.15) is 0 Å². The normalized spacial score (nSPS) is 10.7. The summed E-state index contributed by atoms with van der Waals surface area (Å²) in [6.45, 7) is 2.46. The summed E-state index contributed by atoms with van der Waals surface area (Å²) in [5.41, 5.74) is 0.589. The van der Waals surface area contributed by atoms with Crippen LogP contribution < -0.4 is 0 Å². The predicted molar refractivity (Wildman–Crippen MR) is 96.3 cm³/mol. The van der Waals surface area contributed by atoms with Crippen molar-refractivity contribution in [1.82, 2.24) is 0 Å². The minimum absolute atomic E-state index is 0.132. The van der Waals surface area contributed by atoms with Gasteiger partial charge < -0.3 is 14.9 Å². The van der Waals surface area contributed by atoms with Gasteiger partial charge in [0.2, 0.25) is 0 Å². The van der Waals surface area contributed by atoms with Gasteiger partial charge in [-0.25, -0.2) is 0 Å². The molecular weight excluding hydrogens is 304 g/mol. The van der Waals surface area contributed by atoms with Gasteiger partial charge in [-0.1, -0.05) is 70.4 Å². The molecule has 1 aromatic rings. The lowest BCUT2D eigenvalue weighted by Crippen LogP contribution is -2.07. The quantitative estimate of drug-likeness (QED) is 0.298. The van der Waals surface area contributed by atoms with Crippen LogP contribution in [0.2, 0.25) is 0 Å². The van der Waals surface area contributed by atoms with Crippen LogP contribution in [0.5, 0.6) is 11.5 Å². The van der Waals surface area contributed by atoms with Crippen LogP contribution in [-0.2, 0) is 16.0 Å². The van der Waals surface area contributed by atoms with Crippen LogP contribution >= 0.6 is 0 Å². The molecule has 4 heteroatoms. The molecule has 0 saturated heterocycles. The van der Waals surface area contributed by atoms with Gasteiger partial charge in [0.25, 0.3) is 0 Å². The molecule has 0 amide bonds. The Balaban J connectivity index is 1.99. The Morgan fingerprint density at radius 3 is 2.25 bits per heavy atom. The second-order valence-corrected chi connectivity index (χ2v) is 6.33. The summed E-state index contributed by atoms with van der Waals surface area (Å²) in [5, 5.41) is 19.1. The van der Waals surface area contributed by atoms with Gasteiger partial charge >= 0.3 is 5.97 Å². The number of carbonyl (C=O) groups is 1. The fourth-order valence-corrected chi connectivity index (χ4v) is 2.71. The second kappa shape index (κ2) is 12.7. The fraction of sp³-hybridized carbons (Fsp3) is 0.650. The maximum absolute atomic E-state index is 11.7. The summed E-state index contributed by atoms with van der Waals surface area (Å²) in [6, 6.07) is 4.80. The summed E-state index contributed by atoms with van der Waals surface area (Å²) < 4.78 is 5.18. The smallest absolute Gasteiger partial charge is 0.305 e. The van der Waals surface area contributed by atoms with Crippen LogP contribution in [0.15, 0.2) is 18.2 Å². The van der Waals surface area contributed by atoms with Crippen LogP contribution in [0.4, 0.5) is 0 Å².